The standard InChI is InChI=1S/C19H15ClF2N4O/c20-13-4-1-10(7-14(13)22)15(5-6-27)25-18-17-12-3-2-11(21)8-16(12)26-19(17)24-9-23-18/h1-4,7-9,15,27H,5-6H2,(H2,23,24,25,26). The SMILES string of the molecule is OCCC(Nc1ncnc2[nH]c3cc(F)ccc3c12)c1ccc(Cl)c(F)c1. The van der Waals surface area contributed by atoms with E-state index in [9.17, 15) is 13.9 Å². The number of rotatable bonds is 5. The van der Waals surface area contributed by atoms with Crippen molar-refractivity contribution in [2.45, 2.75) is 12.5 Å². The molecule has 5 nitrogen and oxygen atoms in total. The molecule has 0 radical (unpaired) electrons. The molecule has 0 aliphatic heterocycles. The summed E-state index contributed by atoms with van der Waals surface area (Å²) in [6, 6.07) is 8.52. The summed E-state index contributed by atoms with van der Waals surface area (Å²) in [5.74, 6) is -0.382. The number of aromatic nitrogens is 3. The molecule has 1 atom stereocenters. The highest BCUT2D eigenvalue weighted by atomic mass is 35.5. The van der Waals surface area contributed by atoms with Crippen molar-refractivity contribution in [1.82, 2.24) is 15.0 Å². The molecule has 0 aliphatic rings. The molecule has 2 aromatic heterocycles. The first-order valence-corrected chi connectivity index (χ1v) is 8.69. The maximum absolute atomic E-state index is 13.9. The monoisotopic (exact) mass is 388 g/mol. The second-order valence-electron chi connectivity index (χ2n) is 6.14. The smallest absolute Gasteiger partial charge is 0.143 e. The first kappa shape index (κ1) is 17.6. The topological polar surface area (TPSA) is 73.8 Å². The van der Waals surface area contributed by atoms with E-state index in [0.717, 1.165) is 5.39 Å². The van der Waals surface area contributed by atoms with E-state index in [1.54, 1.807) is 12.1 Å². The Morgan fingerprint density at radius 2 is 2.00 bits per heavy atom. The van der Waals surface area contributed by atoms with Gasteiger partial charge in [0.05, 0.1) is 22.0 Å². The van der Waals surface area contributed by atoms with Gasteiger partial charge in [0.15, 0.2) is 0 Å². The fraction of sp³-hybridized carbons (Fsp3) is 0.158. The highest BCUT2D eigenvalue weighted by molar-refractivity contribution is 6.30. The van der Waals surface area contributed by atoms with Crippen LogP contribution in [0, 0.1) is 11.6 Å². The zero-order chi connectivity index (χ0) is 19.0. The Morgan fingerprint density at radius 3 is 2.78 bits per heavy atom. The number of benzene rings is 2. The van der Waals surface area contributed by atoms with Crippen LogP contribution in [0.3, 0.4) is 0 Å². The summed E-state index contributed by atoms with van der Waals surface area (Å²) in [6.07, 6.45) is 1.72. The lowest BCUT2D eigenvalue weighted by Crippen LogP contribution is -2.14. The number of hydrogen-bond acceptors (Lipinski definition) is 4. The van der Waals surface area contributed by atoms with Crippen LogP contribution in [-0.2, 0) is 0 Å². The predicted molar refractivity (Wildman–Crippen MR) is 101 cm³/mol. The Morgan fingerprint density at radius 1 is 1.15 bits per heavy atom. The molecule has 0 bridgehead atoms. The van der Waals surface area contributed by atoms with Crippen LogP contribution in [0.2, 0.25) is 5.02 Å². The van der Waals surface area contributed by atoms with Gasteiger partial charge >= 0.3 is 0 Å². The van der Waals surface area contributed by atoms with Crippen molar-refractivity contribution >= 4 is 39.4 Å². The van der Waals surface area contributed by atoms with Gasteiger partial charge in [-0.2, -0.15) is 0 Å². The minimum Gasteiger partial charge on any atom is -0.396 e. The Labute approximate surface area is 158 Å². The van der Waals surface area contributed by atoms with Gasteiger partial charge < -0.3 is 15.4 Å². The molecule has 0 fully saturated rings. The van der Waals surface area contributed by atoms with Gasteiger partial charge in [-0.3, -0.25) is 0 Å². The summed E-state index contributed by atoms with van der Waals surface area (Å²) in [4.78, 5) is 11.6. The molecule has 4 rings (SSSR count). The van der Waals surface area contributed by atoms with Crippen LogP contribution in [0.25, 0.3) is 21.9 Å². The molecule has 0 saturated heterocycles. The highest BCUT2D eigenvalue weighted by Gasteiger charge is 2.17. The van der Waals surface area contributed by atoms with Gasteiger partial charge in [-0.1, -0.05) is 17.7 Å². The van der Waals surface area contributed by atoms with E-state index in [-0.39, 0.29) is 17.4 Å². The predicted octanol–water partition coefficient (Wildman–Crippen LogP) is 4.58. The van der Waals surface area contributed by atoms with Crippen molar-refractivity contribution in [3.05, 3.63) is 64.9 Å². The molecule has 0 amide bonds. The van der Waals surface area contributed by atoms with Crippen LogP contribution in [0.4, 0.5) is 14.6 Å². The van der Waals surface area contributed by atoms with E-state index in [1.807, 2.05) is 0 Å². The van der Waals surface area contributed by atoms with Gasteiger partial charge in [-0.05, 0) is 42.3 Å². The summed E-state index contributed by atoms with van der Waals surface area (Å²) >= 11 is 5.76. The Hall–Kier alpha value is -2.77. The minimum absolute atomic E-state index is 0.0320. The molecule has 138 valence electrons. The molecule has 8 heteroatoms. The third kappa shape index (κ3) is 3.31. The summed E-state index contributed by atoms with van der Waals surface area (Å²) in [5, 5.41) is 14.2. The van der Waals surface area contributed by atoms with E-state index in [4.69, 9.17) is 11.6 Å². The lowest BCUT2D eigenvalue weighted by atomic mass is 10.0. The molecule has 2 aromatic carbocycles. The average Bonchev–Trinajstić information content (AvgIpc) is 3.02. The van der Waals surface area contributed by atoms with Crippen molar-refractivity contribution in [2.24, 2.45) is 0 Å². The fourth-order valence-electron chi connectivity index (χ4n) is 3.16. The average molecular weight is 389 g/mol. The number of anilines is 1. The number of nitrogens with zero attached hydrogens (tertiary/aromatic N) is 2. The number of hydrogen-bond donors (Lipinski definition) is 3. The second-order valence-corrected chi connectivity index (χ2v) is 6.55. The summed E-state index contributed by atoms with van der Waals surface area (Å²) in [7, 11) is 0. The summed E-state index contributed by atoms with van der Waals surface area (Å²) < 4.78 is 27.4. The molecule has 0 aliphatic carbocycles. The van der Waals surface area contributed by atoms with Crippen molar-refractivity contribution in [3.8, 4) is 0 Å². The Balaban J connectivity index is 1.80. The molecule has 4 aromatic rings. The van der Waals surface area contributed by atoms with E-state index in [2.05, 4.69) is 20.3 Å². The first-order chi connectivity index (χ1) is 13.1. The third-order valence-electron chi connectivity index (χ3n) is 4.43. The number of aromatic amines is 1. The van der Waals surface area contributed by atoms with Crippen LogP contribution < -0.4 is 5.32 Å². The lowest BCUT2D eigenvalue weighted by Gasteiger charge is -2.19. The van der Waals surface area contributed by atoms with Crippen LogP contribution in [-0.4, -0.2) is 26.7 Å². The van der Waals surface area contributed by atoms with Crippen molar-refractivity contribution in [2.75, 3.05) is 11.9 Å². The maximum atomic E-state index is 13.9. The zero-order valence-corrected chi connectivity index (χ0v) is 14.8. The van der Waals surface area contributed by atoms with Crippen molar-refractivity contribution < 1.29 is 13.9 Å². The van der Waals surface area contributed by atoms with Gasteiger partial charge in [-0.15, -0.1) is 0 Å². The molecule has 2 heterocycles. The highest BCUT2D eigenvalue weighted by Crippen LogP contribution is 2.32. The lowest BCUT2D eigenvalue weighted by molar-refractivity contribution is 0.280. The largest absolute Gasteiger partial charge is 0.396 e. The van der Waals surface area contributed by atoms with Gasteiger partial charge in [0, 0.05) is 12.0 Å². The zero-order valence-electron chi connectivity index (χ0n) is 14.0. The van der Waals surface area contributed by atoms with Crippen molar-refractivity contribution in [3.63, 3.8) is 0 Å². The van der Waals surface area contributed by atoms with Crippen molar-refractivity contribution in [1.29, 1.82) is 0 Å². The van der Waals surface area contributed by atoms with Crippen LogP contribution >= 0.6 is 11.6 Å². The summed E-state index contributed by atoms with van der Waals surface area (Å²) in [6.45, 7) is -0.102. The fourth-order valence-corrected chi connectivity index (χ4v) is 3.27. The molecule has 0 spiro atoms. The number of H-pyrrole nitrogens is 1. The first-order valence-electron chi connectivity index (χ1n) is 8.31. The Kier molecular flexibility index (Phi) is 4.63. The van der Waals surface area contributed by atoms with E-state index < -0.39 is 11.9 Å². The minimum atomic E-state index is -0.533. The van der Waals surface area contributed by atoms with E-state index in [0.29, 0.717) is 34.4 Å². The molecular formula is C19H15ClF2N4O. The molecule has 3 N–H and O–H groups in total. The number of nitrogens with one attached hydrogen (secondary N) is 2. The quantitative estimate of drug-likeness (QED) is 0.468. The maximum Gasteiger partial charge on any atom is 0.143 e. The second kappa shape index (κ2) is 7.09. The summed E-state index contributed by atoms with van der Waals surface area (Å²) in [5.41, 5.74) is 1.78. The molecule has 1 unspecified atom stereocenters. The van der Waals surface area contributed by atoms with Gasteiger partial charge in [0.1, 0.15) is 29.4 Å². The Bertz CT molecular complexity index is 1130. The molecule has 27 heavy (non-hydrogen) atoms. The van der Waals surface area contributed by atoms with Crippen LogP contribution in [0.1, 0.15) is 18.0 Å². The number of aliphatic hydroxyl groups is 1. The van der Waals surface area contributed by atoms with E-state index in [1.165, 1.54) is 30.6 Å². The number of halogens is 3. The molecular weight excluding hydrogens is 374 g/mol. The number of fused-ring (bicyclic) bond motifs is 3. The number of aliphatic hydroxyl groups excluding tert-OH is 1. The van der Waals surface area contributed by atoms with Crippen LogP contribution in [0.5, 0.6) is 0 Å². The van der Waals surface area contributed by atoms with E-state index >= 15 is 0 Å². The van der Waals surface area contributed by atoms with Crippen LogP contribution in [0.15, 0.2) is 42.7 Å². The third-order valence-corrected chi connectivity index (χ3v) is 4.73. The van der Waals surface area contributed by atoms with Gasteiger partial charge in [-0.25, -0.2) is 18.7 Å². The van der Waals surface area contributed by atoms with Gasteiger partial charge in [0.25, 0.3) is 0 Å². The molecule has 0 saturated carbocycles. The normalized spacial score (nSPS) is 12.6. The van der Waals surface area contributed by atoms with Gasteiger partial charge in [0.2, 0.25) is 0 Å².